The van der Waals surface area contributed by atoms with Crippen molar-refractivity contribution in [1.29, 1.82) is 0 Å². The van der Waals surface area contributed by atoms with Crippen molar-refractivity contribution in [3.05, 3.63) is 132 Å². The Bertz CT molecular complexity index is 1670. The molecule has 5 aromatic rings. The number of methoxy groups -OCH3 is 1. The zero-order valence-electron chi connectivity index (χ0n) is 22.9. The Morgan fingerprint density at radius 1 is 0.829 bits per heavy atom. The van der Waals surface area contributed by atoms with Crippen molar-refractivity contribution in [3.8, 4) is 22.9 Å². The number of hydrogen-bond donors (Lipinski definition) is 1. The van der Waals surface area contributed by atoms with Crippen LogP contribution in [0.25, 0.3) is 5.69 Å². The lowest BCUT2D eigenvalue weighted by Crippen LogP contribution is -2.29. The number of ether oxygens (including phenoxy) is 2. The highest BCUT2D eigenvalue weighted by atomic mass is 32.1. The van der Waals surface area contributed by atoms with Gasteiger partial charge in [-0.15, -0.1) is 0 Å². The standard InChI is InChI=1S/C33H29FN4O2S/c1-21-20-29(22(2)37(21)24-9-7-23(34)8-10-24)32-31(30-6-4-5-19-35-30)36-33(41)38(32)25-11-13-27(14-12-25)40-28-17-15-26(39-3)16-18-28/h4-20,31-32H,1-3H3,(H,36,41)/t31-,32-/m1/s1. The van der Waals surface area contributed by atoms with E-state index in [-0.39, 0.29) is 17.9 Å². The summed E-state index contributed by atoms with van der Waals surface area (Å²) in [7, 11) is 1.64. The summed E-state index contributed by atoms with van der Waals surface area (Å²) in [6.45, 7) is 4.15. The van der Waals surface area contributed by atoms with Gasteiger partial charge in [0.15, 0.2) is 5.11 Å². The Hall–Kier alpha value is -4.69. The molecular formula is C33H29FN4O2S. The molecule has 1 aliphatic rings. The minimum atomic E-state index is -0.261. The van der Waals surface area contributed by atoms with E-state index in [1.165, 1.54) is 12.1 Å². The van der Waals surface area contributed by atoms with Crippen LogP contribution in [0.5, 0.6) is 17.2 Å². The first-order valence-corrected chi connectivity index (χ1v) is 13.7. The quantitative estimate of drug-likeness (QED) is 0.205. The third-order valence-electron chi connectivity index (χ3n) is 7.38. The fourth-order valence-corrected chi connectivity index (χ4v) is 5.82. The number of benzene rings is 3. The molecule has 3 heterocycles. The summed E-state index contributed by atoms with van der Waals surface area (Å²) in [6, 6.07) is 29.7. The topological polar surface area (TPSA) is 51.6 Å². The van der Waals surface area contributed by atoms with Crippen LogP contribution in [0.3, 0.4) is 0 Å². The van der Waals surface area contributed by atoms with Crippen LogP contribution < -0.4 is 19.7 Å². The zero-order valence-corrected chi connectivity index (χ0v) is 23.7. The molecule has 1 aliphatic heterocycles. The van der Waals surface area contributed by atoms with Crippen molar-refractivity contribution in [2.45, 2.75) is 25.9 Å². The van der Waals surface area contributed by atoms with Crippen molar-refractivity contribution < 1.29 is 13.9 Å². The molecule has 3 aromatic carbocycles. The average Bonchev–Trinajstić information content (AvgIpc) is 3.49. The fraction of sp³-hybridized carbons (Fsp3) is 0.152. The van der Waals surface area contributed by atoms with Crippen LogP contribution in [0.2, 0.25) is 0 Å². The van der Waals surface area contributed by atoms with E-state index in [4.69, 9.17) is 21.7 Å². The lowest BCUT2D eigenvalue weighted by Gasteiger charge is -2.28. The van der Waals surface area contributed by atoms with Gasteiger partial charge in [0.25, 0.3) is 0 Å². The number of halogens is 1. The Balaban J connectivity index is 1.38. The number of aryl methyl sites for hydroxylation is 1. The first kappa shape index (κ1) is 26.5. The SMILES string of the molecule is COc1ccc(Oc2ccc(N3C(=S)N[C@H](c4ccccn4)[C@H]3c3cc(C)n(-c4ccc(F)cc4)c3C)cc2)cc1. The number of rotatable bonds is 7. The molecular weight excluding hydrogens is 535 g/mol. The zero-order chi connectivity index (χ0) is 28.5. The van der Waals surface area contributed by atoms with E-state index < -0.39 is 0 Å². The van der Waals surface area contributed by atoms with Crippen molar-refractivity contribution in [3.63, 3.8) is 0 Å². The summed E-state index contributed by atoms with van der Waals surface area (Å²) < 4.78 is 27.1. The summed E-state index contributed by atoms with van der Waals surface area (Å²) in [6.07, 6.45) is 1.80. The van der Waals surface area contributed by atoms with Crippen LogP contribution in [0, 0.1) is 19.7 Å². The molecule has 8 heteroatoms. The molecule has 0 unspecified atom stereocenters. The molecule has 1 saturated heterocycles. The molecule has 2 atom stereocenters. The Morgan fingerprint density at radius 3 is 2.10 bits per heavy atom. The second-order valence-corrected chi connectivity index (χ2v) is 10.3. The molecule has 0 radical (unpaired) electrons. The molecule has 206 valence electrons. The molecule has 0 spiro atoms. The summed E-state index contributed by atoms with van der Waals surface area (Å²) in [5.74, 6) is 1.94. The number of pyridine rings is 1. The Kier molecular flexibility index (Phi) is 7.15. The summed E-state index contributed by atoms with van der Waals surface area (Å²) in [5, 5.41) is 4.14. The lowest BCUT2D eigenvalue weighted by molar-refractivity contribution is 0.413. The van der Waals surface area contributed by atoms with Gasteiger partial charge in [-0.2, -0.15) is 0 Å². The monoisotopic (exact) mass is 564 g/mol. The Labute approximate surface area is 244 Å². The summed E-state index contributed by atoms with van der Waals surface area (Å²) >= 11 is 5.92. The number of anilines is 1. The third-order valence-corrected chi connectivity index (χ3v) is 7.70. The fourth-order valence-electron chi connectivity index (χ4n) is 5.48. The Morgan fingerprint density at radius 2 is 1.46 bits per heavy atom. The van der Waals surface area contributed by atoms with Gasteiger partial charge in [0.1, 0.15) is 23.1 Å². The molecule has 41 heavy (non-hydrogen) atoms. The van der Waals surface area contributed by atoms with Gasteiger partial charge >= 0.3 is 0 Å². The van der Waals surface area contributed by atoms with Crippen LogP contribution in [-0.4, -0.2) is 21.8 Å². The predicted octanol–water partition coefficient (Wildman–Crippen LogP) is 7.61. The predicted molar refractivity (Wildman–Crippen MR) is 163 cm³/mol. The minimum absolute atomic E-state index is 0.175. The van der Waals surface area contributed by atoms with E-state index in [2.05, 4.69) is 39.7 Å². The van der Waals surface area contributed by atoms with Crippen LogP contribution in [0.4, 0.5) is 10.1 Å². The van der Waals surface area contributed by atoms with Gasteiger partial charge in [0, 0.05) is 29.0 Å². The molecule has 0 aliphatic carbocycles. The summed E-state index contributed by atoms with van der Waals surface area (Å²) in [4.78, 5) is 6.81. The van der Waals surface area contributed by atoms with Crippen LogP contribution in [0.1, 0.15) is 34.7 Å². The maximum atomic E-state index is 13.7. The molecule has 0 saturated carbocycles. The normalized spacial score (nSPS) is 16.5. The van der Waals surface area contributed by atoms with Gasteiger partial charge in [-0.1, -0.05) is 6.07 Å². The van der Waals surface area contributed by atoms with Crippen molar-refractivity contribution >= 4 is 23.0 Å². The second-order valence-electron chi connectivity index (χ2n) is 9.91. The van der Waals surface area contributed by atoms with E-state index in [0.29, 0.717) is 10.9 Å². The van der Waals surface area contributed by atoms with Gasteiger partial charge < -0.3 is 24.3 Å². The highest BCUT2D eigenvalue weighted by Gasteiger charge is 2.42. The number of aromatic nitrogens is 2. The molecule has 0 amide bonds. The van der Waals surface area contributed by atoms with E-state index in [9.17, 15) is 4.39 Å². The number of hydrogen-bond acceptors (Lipinski definition) is 4. The van der Waals surface area contributed by atoms with Gasteiger partial charge in [0.2, 0.25) is 0 Å². The number of nitrogens with one attached hydrogen (secondary N) is 1. The molecule has 6 nitrogen and oxygen atoms in total. The van der Waals surface area contributed by atoms with E-state index in [1.807, 2.05) is 66.7 Å². The van der Waals surface area contributed by atoms with E-state index in [1.54, 1.807) is 25.4 Å². The van der Waals surface area contributed by atoms with E-state index in [0.717, 1.165) is 45.5 Å². The van der Waals surface area contributed by atoms with Gasteiger partial charge in [-0.25, -0.2) is 4.39 Å². The first-order chi connectivity index (χ1) is 19.9. The van der Waals surface area contributed by atoms with Gasteiger partial charge in [-0.3, -0.25) is 4.98 Å². The summed E-state index contributed by atoms with van der Waals surface area (Å²) in [5.41, 5.74) is 5.93. The van der Waals surface area contributed by atoms with E-state index >= 15 is 0 Å². The molecule has 1 N–H and O–H groups in total. The first-order valence-electron chi connectivity index (χ1n) is 13.3. The smallest absolute Gasteiger partial charge is 0.174 e. The van der Waals surface area contributed by atoms with Crippen molar-refractivity contribution in [2.75, 3.05) is 12.0 Å². The molecule has 0 bridgehead atoms. The highest BCUT2D eigenvalue weighted by molar-refractivity contribution is 7.80. The molecule has 2 aromatic heterocycles. The van der Waals surface area contributed by atoms with Crippen molar-refractivity contribution in [2.24, 2.45) is 0 Å². The third kappa shape index (κ3) is 5.14. The molecule has 6 rings (SSSR count). The lowest BCUT2D eigenvalue weighted by atomic mass is 9.96. The maximum Gasteiger partial charge on any atom is 0.174 e. The molecule has 1 fully saturated rings. The largest absolute Gasteiger partial charge is 0.497 e. The van der Waals surface area contributed by atoms with Gasteiger partial charge in [-0.05, 0) is 123 Å². The highest BCUT2D eigenvalue weighted by Crippen LogP contribution is 2.44. The van der Waals surface area contributed by atoms with Crippen LogP contribution in [0.15, 0.2) is 103 Å². The average molecular weight is 565 g/mol. The van der Waals surface area contributed by atoms with Gasteiger partial charge in [0.05, 0.1) is 24.9 Å². The minimum Gasteiger partial charge on any atom is -0.497 e. The second kappa shape index (κ2) is 11.1. The number of nitrogens with zero attached hydrogens (tertiary/aromatic N) is 3. The maximum absolute atomic E-state index is 13.7. The number of thiocarbonyl (C=S) groups is 1. The van der Waals surface area contributed by atoms with Crippen LogP contribution >= 0.6 is 12.2 Å². The van der Waals surface area contributed by atoms with Crippen LogP contribution in [-0.2, 0) is 0 Å². The van der Waals surface area contributed by atoms with Crippen molar-refractivity contribution in [1.82, 2.24) is 14.9 Å².